The van der Waals surface area contributed by atoms with Crippen LogP contribution in [0, 0.1) is 0 Å². The predicted octanol–water partition coefficient (Wildman–Crippen LogP) is 3.68. The highest BCUT2D eigenvalue weighted by Gasteiger charge is 2.53. The van der Waals surface area contributed by atoms with E-state index in [0.717, 1.165) is 6.07 Å². The molecule has 11 nitrogen and oxygen atoms in total. The van der Waals surface area contributed by atoms with Gasteiger partial charge in [-0.05, 0) is 39.8 Å². The number of phenols is 1. The fourth-order valence-electron chi connectivity index (χ4n) is 4.05. The van der Waals surface area contributed by atoms with Gasteiger partial charge in [0.15, 0.2) is 23.1 Å². The van der Waals surface area contributed by atoms with Gasteiger partial charge in [-0.2, -0.15) is 0 Å². The smallest absolute Gasteiger partial charge is 0.349 e. The number of rotatable bonds is 12. The van der Waals surface area contributed by atoms with Gasteiger partial charge in [-0.1, -0.05) is 24.3 Å². The first-order chi connectivity index (χ1) is 18.1. The van der Waals surface area contributed by atoms with Crippen LogP contribution in [0.2, 0.25) is 0 Å². The molecule has 2 atom stereocenters. The second-order valence-corrected chi connectivity index (χ2v) is 10.1. The van der Waals surface area contributed by atoms with Gasteiger partial charge in [0.1, 0.15) is 0 Å². The van der Waals surface area contributed by atoms with E-state index in [0.29, 0.717) is 0 Å². The van der Waals surface area contributed by atoms with Crippen LogP contribution in [-0.4, -0.2) is 66.8 Å². The van der Waals surface area contributed by atoms with Gasteiger partial charge in [0, 0.05) is 16.7 Å². The maximum atomic E-state index is 13.7. The van der Waals surface area contributed by atoms with Gasteiger partial charge >= 0.3 is 19.5 Å². The highest BCUT2D eigenvalue weighted by atomic mass is 31.2. The quantitative estimate of drug-likeness (QED) is 0.261. The third-order valence-corrected chi connectivity index (χ3v) is 7.97. The first kappa shape index (κ1) is 29.0. The highest BCUT2D eigenvalue weighted by molar-refractivity contribution is 7.55. The number of aromatic hydroxyl groups is 1. The van der Waals surface area contributed by atoms with Gasteiger partial charge in [-0.15, -0.1) is 0 Å². The molecule has 1 N–H and O–H groups in total. The number of ether oxygens (including phenoxy) is 3. The second-order valence-electron chi connectivity index (χ2n) is 7.90. The first-order valence-electron chi connectivity index (χ1n) is 12.1. The van der Waals surface area contributed by atoms with E-state index in [1.54, 1.807) is 12.1 Å². The van der Waals surface area contributed by atoms with Crippen molar-refractivity contribution in [2.75, 3.05) is 26.4 Å². The first-order valence-corrected chi connectivity index (χ1v) is 13.7. The summed E-state index contributed by atoms with van der Waals surface area (Å²) in [5, 5.41) is 11.0. The molecule has 0 bridgehead atoms. The van der Waals surface area contributed by atoms with Crippen molar-refractivity contribution < 1.29 is 52.1 Å². The zero-order valence-electron chi connectivity index (χ0n) is 21.4. The van der Waals surface area contributed by atoms with Crippen molar-refractivity contribution in [1.29, 1.82) is 0 Å². The molecule has 12 heteroatoms. The zero-order valence-corrected chi connectivity index (χ0v) is 22.3. The molecule has 1 aliphatic rings. The molecule has 2 unspecified atom stereocenters. The second kappa shape index (κ2) is 12.3. The van der Waals surface area contributed by atoms with Crippen molar-refractivity contribution in [3.63, 3.8) is 0 Å². The van der Waals surface area contributed by atoms with Crippen molar-refractivity contribution in [3.05, 3.63) is 58.7 Å². The lowest BCUT2D eigenvalue weighted by atomic mass is 9.83. The molecule has 0 heterocycles. The van der Waals surface area contributed by atoms with Gasteiger partial charge in [0.05, 0.1) is 32.0 Å². The molecule has 38 heavy (non-hydrogen) atoms. The topological polar surface area (TPSA) is 152 Å². The minimum atomic E-state index is -4.39. The molecular weight excluding hydrogens is 519 g/mol. The summed E-state index contributed by atoms with van der Waals surface area (Å²) < 4.78 is 40.2. The molecule has 2 aromatic rings. The van der Waals surface area contributed by atoms with E-state index in [1.807, 2.05) is 0 Å². The molecule has 0 spiro atoms. The van der Waals surface area contributed by atoms with Crippen LogP contribution in [-0.2, 0) is 32.7 Å². The maximum absolute atomic E-state index is 13.7. The normalized spacial score (nSPS) is 14.2. The van der Waals surface area contributed by atoms with E-state index < -0.39 is 54.4 Å². The summed E-state index contributed by atoms with van der Waals surface area (Å²) >= 11 is 0. The van der Waals surface area contributed by atoms with E-state index >= 15 is 0 Å². The molecule has 0 aliphatic heterocycles. The maximum Gasteiger partial charge on any atom is 0.349 e. The van der Waals surface area contributed by atoms with Gasteiger partial charge in [-0.25, -0.2) is 4.79 Å². The fraction of sp³-hybridized carbons (Fsp3) is 0.385. The Kier molecular flexibility index (Phi) is 9.43. The van der Waals surface area contributed by atoms with E-state index in [-0.39, 0.29) is 48.7 Å². The molecule has 3 rings (SSSR count). The van der Waals surface area contributed by atoms with Crippen molar-refractivity contribution >= 4 is 31.1 Å². The number of benzene rings is 2. The average molecular weight is 548 g/mol. The lowest BCUT2D eigenvalue weighted by molar-refractivity contribution is -0.158. The summed E-state index contributed by atoms with van der Waals surface area (Å²) in [6.45, 7) is 5.54. The summed E-state index contributed by atoms with van der Waals surface area (Å²) in [5.74, 6) is -4.53. The molecule has 0 saturated carbocycles. The van der Waals surface area contributed by atoms with Crippen LogP contribution in [0.5, 0.6) is 11.5 Å². The van der Waals surface area contributed by atoms with Crippen LogP contribution in [0.4, 0.5) is 0 Å². The number of carbonyl (C=O) groups excluding carboxylic acids is 4. The van der Waals surface area contributed by atoms with E-state index in [1.165, 1.54) is 45.9 Å². The Labute approximate surface area is 219 Å². The monoisotopic (exact) mass is 548 g/mol. The molecule has 2 aromatic carbocycles. The van der Waals surface area contributed by atoms with Crippen molar-refractivity contribution in [1.82, 2.24) is 0 Å². The molecule has 204 valence electrons. The number of ketones is 2. The summed E-state index contributed by atoms with van der Waals surface area (Å²) in [6, 6.07) is 8.55. The highest BCUT2D eigenvalue weighted by Crippen LogP contribution is 2.55. The molecule has 0 amide bonds. The predicted molar refractivity (Wildman–Crippen MR) is 134 cm³/mol. The minimum absolute atomic E-state index is 0.0671. The van der Waals surface area contributed by atoms with Crippen LogP contribution in [0.3, 0.4) is 0 Å². The Morgan fingerprint density at radius 3 is 1.89 bits per heavy atom. The summed E-state index contributed by atoms with van der Waals surface area (Å²) in [6.07, 6.45) is -1.97. The number of esters is 2. The van der Waals surface area contributed by atoms with Crippen LogP contribution >= 0.6 is 7.60 Å². The average Bonchev–Trinajstić information content (AvgIpc) is 2.88. The third-order valence-electron chi connectivity index (χ3n) is 5.58. The molecule has 0 radical (unpaired) electrons. The Morgan fingerprint density at radius 1 is 0.789 bits per heavy atom. The Bertz CT molecular complexity index is 1280. The molecular formula is C26H29O11P. The summed E-state index contributed by atoms with van der Waals surface area (Å²) in [7, 11) is -4.39. The molecule has 0 saturated heterocycles. The summed E-state index contributed by atoms with van der Waals surface area (Å²) in [4.78, 5) is 52.2. The number of phenolic OH excluding ortho intramolecular Hbond substituents is 1. The molecule has 0 aromatic heterocycles. The number of hydrogen-bond donors (Lipinski definition) is 1. The minimum Gasteiger partial charge on any atom is -0.504 e. The van der Waals surface area contributed by atoms with E-state index in [2.05, 4.69) is 0 Å². The number of hydrogen-bond acceptors (Lipinski definition) is 11. The SMILES string of the molecule is CCOC(=O)C(Oc1ccc2c(c1O)C(=O)c1ccccc1C2=O)C(C(=O)OCC)P(=O)(OCC)OCC. The van der Waals surface area contributed by atoms with Gasteiger partial charge in [0.2, 0.25) is 11.8 Å². The fourth-order valence-corrected chi connectivity index (χ4v) is 6.01. The number of fused-ring (bicyclic) bond motifs is 2. The zero-order chi connectivity index (χ0) is 28.0. The standard InChI is InChI=1S/C26H29O11P/c1-5-33-25(30)23(24(26(31)34-6-2)38(32,35-7-3)36-8-4)37-18-14-13-17-19(22(18)29)21(28)16-12-10-9-11-15(16)20(17)27/h9-14,23-24,29H,5-8H2,1-4H3. The van der Waals surface area contributed by atoms with Gasteiger partial charge in [0.25, 0.3) is 0 Å². The van der Waals surface area contributed by atoms with E-state index in [9.17, 15) is 28.8 Å². The Hall–Kier alpha value is -3.53. The van der Waals surface area contributed by atoms with Crippen LogP contribution in [0.25, 0.3) is 0 Å². The number of carbonyl (C=O) groups is 4. The molecule has 1 aliphatic carbocycles. The van der Waals surface area contributed by atoms with Crippen molar-refractivity contribution in [2.24, 2.45) is 0 Å². The third kappa shape index (κ3) is 5.50. The van der Waals surface area contributed by atoms with Crippen LogP contribution in [0.15, 0.2) is 36.4 Å². The molecule has 0 fully saturated rings. The van der Waals surface area contributed by atoms with Crippen molar-refractivity contribution in [3.8, 4) is 11.5 Å². The van der Waals surface area contributed by atoms with Crippen LogP contribution < -0.4 is 4.74 Å². The van der Waals surface area contributed by atoms with Gasteiger partial charge in [-0.3, -0.25) is 18.9 Å². The van der Waals surface area contributed by atoms with Crippen LogP contribution in [0.1, 0.15) is 59.5 Å². The van der Waals surface area contributed by atoms with Gasteiger partial charge < -0.3 is 28.4 Å². The lowest BCUT2D eigenvalue weighted by Crippen LogP contribution is -2.46. The van der Waals surface area contributed by atoms with E-state index in [4.69, 9.17) is 23.3 Å². The van der Waals surface area contributed by atoms with Crippen molar-refractivity contribution in [2.45, 2.75) is 39.5 Å². The largest absolute Gasteiger partial charge is 0.504 e. The summed E-state index contributed by atoms with van der Waals surface area (Å²) in [5.41, 5.74) is -2.07. The lowest BCUT2D eigenvalue weighted by Gasteiger charge is -2.30. The Balaban J connectivity index is 2.14. The Morgan fingerprint density at radius 2 is 1.34 bits per heavy atom.